The first kappa shape index (κ1) is 14.7. The number of hydrogen-bond acceptors (Lipinski definition) is 2. The highest BCUT2D eigenvalue weighted by atomic mass is 19.1. The Balaban J connectivity index is 1.68. The van der Waals surface area contributed by atoms with E-state index >= 15 is 0 Å². The zero-order valence-electron chi connectivity index (χ0n) is 13.7. The normalized spacial score (nSPS) is 53.9. The fraction of sp³-hybridized carbons (Fsp3) is 0.789. The van der Waals surface area contributed by atoms with Crippen molar-refractivity contribution in [3.8, 4) is 0 Å². The average molecular weight is 305 g/mol. The van der Waals surface area contributed by atoms with Crippen LogP contribution in [0.25, 0.3) is 0 Å². The van der Waals surface area contributed by atoms with Crippen LogP contribution in [0.5, 0.6) is 0 Å². The van der Waals surface area contributed by atoms with E-state index in [4.69, 9.17) is 5.73 Å². The summed E-state index contributed by atoms with van der Waals surface area (Å²) in [6.07, 6.45) is 9.94. The molecule has 0 radical (unpaired) electrons. The van der Waals surface area contributed by atoms with Gasteiger partial charge in [0.25, 0.3) is 0 Å². The van der Waals surface area contributed by atoms with Gasteiger partial charge in [0.2, 0.25) is 0 Å². The Morgan fingerprint density at radius 1 is 1.23 bits per heavy atom. The van der Waals surface area contributed by atoms with Crippen molar-refractivity contribution in [3.63, 3.8) is 0 Å². The van der Waals surface area contributed by atoms with Crippen LogP contribution in [0.15, 0.2) is 23.7 Å². The third-order valence-corrected chi connectivity index (χ3v) is 7.86. The van der Waals surface area contributed by atoms with E-state index in [-0.39, 0.29) is 22.8 Å². The van der Waals surface area contributed by atoms with Gasteiger partial charge in [-0.2, -0.15) is 0 Å². The Hall–Kier alpha value is -0.830. The topological polar surface area (TPSA) is 46.2 Å². The molecule has 0 aliphatic heterocycles. The van der Waals surface area contributed by atoms with Gasteiger partial charge in [-0.3, -0.25) is 0 Å². The van der Waals surface area contributed by atoms with Crippen LogP contribution in [-0.4, -0.2) is 11.2 Å². The molecule has 2 fully saturated rings. The molecular formula is C19H28FNO. The van der Waals surface area contributed by atoms with Gasteiger partial charge in [-0.05, 0) is 61.2 Å². The highest BCUT2D eigenvalue weighted by Crippen LogP contribution is 2.65. The maximum absolute atomic E-state index is 14.2. The standard InChI is InChI=1S/C19H28FNO/c1-18-7-5-12(22)9-11(18)3-4-13-14(18)6-8-19(2)15(13)10-16(20)17(19)21/h5,7,11-15,22H,3-4,6,8-10,21H2,1-2H3/t11?,12-,13+,14-,15-,18-,19-/m0/s1. The fourth-order valence-electron chi connectivity index (χ4n) is 6.43. The molecule has 0 heterocycles. The Bertz CT molecular complexity index is 556. The molecular weight excluding hydrogens is 277 g/mol. The van der Waals surface area contributed by atoms with Gasteiger partial charge in [0.05, 0.1) is 6.10 Å². The summed E-state index contributed by atoms with van der Waals surface area (Å²) in [6, 6.07) is 0. The molecule has 0 bridgehead atoms. The molecule has 7 atom stereocenters. The predicted octanol–water partition coefficient (Wildman–Crippen LogP) is 3.92. The molecule has 1 unspecified atom stereocenters. The van der Waals surface area contributed by atoms with Crippen molar-refractivity contribution < 1.29 is 9.50 Å². The number of nitrogens with two attached hydrogens (primary N) is 1. The van der Waals surface area contributed by atoms with E-state index in [0.717, 1.165) is 25.7 Å². The monoisotopic (exact) mass is 305 g/mol. The third kappa shape index (κ3) is 1.75. The summed E-state index contributed by atoms with van der Waals surface area (Å²) in [4.78, 5) is 0. The molecule has 2 saturated carbocycles. The molecule has 0 amide bonds. The second kappa shape index (κ2) is 4.59. The zero-order chi connectivity index (χ0) is 15.7. The molecule has 0 aromatic carbocycles. The van der Waals surface area contributed by atoms with Gasteiger partial charge in [0, 0.05) is 17.5 Å². The van der Waals surface area contributed by atoms with Crippen LogP contribution in [0.3, 0.4) is 0 Å². The summed E-state index contributed by atoms with van der Waals surface area (Å²) in [6.45, 7) is 4.56. The molecule has 4 rings (SSSR count). The van der Waals surface area contributed by atoms with Gasteiger partial charge in [-0.25, -0.2) is 4.39 Å². The Morgan fingerprint density at radius 3 is 2.77 bits per heavy atom. The lowest BCUT2D eigenvalue weighted by molar-refractivity contribution is -0.0717. The highest BCUT2D eigenvalue weighted by Gasteiger charge is 2.58. The number of hydrogen-bond donors (Lipinski definition) is 2. The van der Waals surface area contributed by atoms with Crippen molar-refractivity contribution in [2.45, 2.75) is 58.5 Å². The summed E-state index contributed by atoms with van der Waals surface area (Å²) >= 11 is 0. The maximum Gasteiger partial charge on any atom is 0.119 e. The summed E-state index contributed by atoms with van der Waals surface area (Å²) < 4.78 is 14.2. The van der Waals surface area contributed by atoms with Crippen molar-refractivity contribution in [1.82, 2.24) is 0 Å². The molecule has 4 aliphatic carbocycles. The molecule has 0 spiro atoms. The van der Waals surface area contributed by atoms with Gasteiger partial charge in [0.1, 0.15) is 5.83 Å². The number of fused-ring (bicyclic) bond motifs is 5. The number of halogens is 1. The van der Waals surface area contributed by atoms with E-state index in [1.165, 1.54) is 6.42 Å². The minimum Gasteiger partial charge on any atom is -0.400 e. The van der Waals surface area contributed by atoms with E-state index in [0.29, 0.717) is 35.8 Å². The fourth-order valence-corrected chi connectivity index (χ4v) is 6.43. The number of aliphatic hydroxyl groups is 1. The summed E-state index contributed by atoms with van der Waals surface area (Å²) in [5.41, 5.74) is 6.73. The molecule has 2 nitrogen and oxygen atoms in total. The van der Waals surface area contributed by atoms with Crippen molar-refractivity contribution in [2.75, 3.05) is 0 Å². The number of aliphatic hydroxyl groups excluding tert-OH is 1. The van der Waals surface area contributed by atoms with Gasteiger partial charge in [-0.1, -0.05) is 26.0 Å². The second-order valence-electron chi connectivity index (χ2n) is 8.66. The lowest BCUT2D eigenvalue weighted by atomic mass is 9.46. The molecule has 3 N–H and O–H groups in total. The van der Waals surface area contributed by atoms with Crippen LogP contribution in [0.1, 0.15) is 52.4 Å². The van der Waals surface area contributed by atoms with Crippen molar-refractivity contribution in [1.29, 1.82) is 0 Å². The number of rotatable bonds is 0. The largest absolute Gasteiger partial charge is 0.400 e. The minimum atomic E-state index is -0.273. The molecule has 22 heavy (non-hydrogen) atoms. The van der Waals surface area contributed by atoms with E-state index in [2.05, 4.69) is 19.9 Å². The summed E-state index contributed by atoms with van der Waals surface area (Å²) in [5, 5.41) is 9.96. The minimum absolute atomic E-state index is 0.0463. The van der Waals surface area contributed by atoms with Gasteiger partial charge < -0.3 is 10.8 Å². The maximum atomic E-state index is 14.2. The molecule has 0 saturated heterocycles. The third-order valence-electron chi connectivity index (χ3n) is 7.86. The first-order valence-electron chi connectivity index (χ1n) is 8.88. The van der Waals surface area contributed by atoms with E-state index < -0.39 is 0 Å². The van der Waals surface area contributed by atoms with Crippen LogP contribution in [0.2, 0.25) is 0 Å². The van der Waals surface area contributed by atoms with Crippen molar-refractivity contribution in [3.05, 3.63) is 23.7 Å². The van der Waals surface area contributed by atoms with Gasteiger partial charge in [-0.15, -0.1) is 0 Å². The van der Waals surface area contributed by atoms with Gasteiger partial charge >= 0.3 is 0 Å². The first-order chi connectivity index (χ1) is 10.4. The van der Waals surface area contributed by atoms with Crippen LogP contribution in [-0.2, 0) is 0 Å². The van der Waals surface area contributed by atoms with Crippen LogP contribution in [0.4, 0.5) is 4.39 Å². The van der Waals surface area contributed by atoms with E-state index in [1.807, 2.05) is 6.08 Å². The lowest BCUT2D eigenvalue weighted by Crippen LogP contribution is -2.52. The Labute approximate surface area is 132 Å². The Morgan fingerprint density at radius 2 is 2.00 bits per heavy atom. The SMILES string of the molecule is C[C@]12C=C[C@H](O)CC1CC[C@@H]1[C@@H]2CC[C@]2(C)C(N)=C(F)C[C@@H]12. The number of allylic oxidation sites excluding steroid dienone is 3. The second-order valence-corrected chi connectivity index (χ2v) is 8.66. The summed E-state index contributed by atoms with van der Waals surface area (Å²) in [7, 11) is 0. The molecule has 4 aliphatic rings. The zero-order valence-corrected chi connectivity index (χ0v) is 13.7. The van der Waals surface area contributed by atoms with Gasteiger partial charge in [0.15, 0.2) is 0 Å². The first-order valence-corrected chi connectivity index (χ1v) is 8.88. The molecule has 3 heteroatoms. The smallest absolute Gasteiger partial charge is 0.119 e. The quantitative estimate of drug-likeness (QED) is 0.666. The van der Waals surface area contributed by atoms with Crippen molar-refractivity contribution >= 4 is 0 Å². The lowest BCUT2D eigenvalue weighted by Gasteiger charge is -2.58. The summed E-state index contributed by atoms with van der Waals surface area (Å²) in [5.74, 6) is 2.10. The van der Waals surface area contributed by atoms with Crippen LogP contribution >= 0.6 is 0 Å². The van der Waals surface area contributed by atoms with Crippen LogP contribution in [0, 0.1) is 34.5 Å². The molecule has 0 aromatic heterocycles. The molecule has 0 aromatic rings. The Kier molecular flexibility index (Phi) is 3.08. The predicted molar refractivity (Wildman–Crippen MR) is 85.3 cm³/mol. The molecule has 122 valence electrons. The van der Waals surface area contributed by atoms with E-state index in [9.17, 15) is 9.50 Å². The average Bonchev–Trinajstić information content (AvgIpc) is 2.72. The highest BCUT2D eigenvalue weighted by molar-refractivity contribution is 5.27. The van der Waals surface area contributed by atoms with Crippen LogP contribution < -0.4 is 5.73 Å². The van der Waals surface area contributed by atoms with E-state index in [1.54, 1.807) is 0 Å². The van der Waals surface area contributed by atoms with Crippen molar-refractivity contribution in [2.24, 2.45) is 40.2 Å².